The van der Waals surface area contributed by atoms with E-state index in [4.69, 9.17) is 5.73 Å². The predicted molar refractivity (Wildman–Crippen MR) is 259 cm³/mol. The molecule has 7 nitrogen and oxygen atoms in total. The van der Waals surface area contributed by atoms with Gasteiger partial charge < -0.3 is 31.5 Å². The van der Waals surface area contributed by atoms with Gasteiger partial charge in [0.25, 0.3) is 0 Å². The number of carbonyl (C=O) groups excluding carboxylic acids is 1. The standard InChI is InChI=1S/C34H69NO3.C19H39NO2/c1-4-6-8-10-12-14-16-17-19-21-23-25-27-29-34(38)35-31(3)33(37)30-32(36)28-26-24-22-20-18-15-13-11-9-7-5-2;1-2-3-4-5-6-7-8-9-10-11-12-13-17(21)16-18(22)19(20)14-15-19/h31-33,36-37H,4-30H2,1-3H3,(H,35,38);17-18,21-22H,2-16,20H2,1H3/t31-,32-,33+;/m0./s1. The van der Waals surface area contributed by atoms with Crippen molar-refractivity contribution in [2.45, 2.75) is 333 Å². The highest BCUT2D eigenvalue weighted by molar-refractivity contribution is 5.76. The molecule has 0 aliphatic heterocycles. The largest absolute Gasteiger partial charge is 0.393 e. The van der Waals surface area contributed by atoms with Crippen molar-refractivity contribution in [3.8, 4) is 0 Å². The zero-order chi connectivity index (χ0) is 44.4. The van der Waals surface area contributed by atoms with Crippen molar-refractivity contribution in [2.24, 2.45) is 5.73 Å². The molecule has 1 saturated carbocycles. The van der Waals surface area contributed by atoms with Gasteiger partial charge in [0.2, 0.25) is 5.91 Å². The van der Waals surface area contributed by atoms with Crippen LogP contribution in [0.15, 0.2) is 0 Å². The molecule has 0 heterocycles. The molecule has 360 valence electrons. The Morgan fingerprint density at radius 1 is 0.467 bits per heavy atom. The van der Waals surface area contributed by atoms with Crippen LogP contribution in [-0.4, -0.2) is 62.3 Å². The number of aliphatic hydroxyl groups excluding tert-OH is 4. The van der Waals surface area contributed by atoms with Crippen LogP contribution in [0.3, 0.4) is 0 Å². The zero-order valence-corrected chi connectivity index (χ0v) is 40.9. The molecule has 7 heteroatoms. The molecule has 2 unspecified atom stereocenters. The maximum Gasteiger partial charge on any atom is 0.220 e. The summed E-state index contributed by atoms with van der Waals surface area (Å²) in [7, 11) is 0. The molecule has 60 heavy (non-hydrogen) atoms. The molecule has 1 rings (SSSR count). The van der Waals surface area contributed by atoms with Gasteiger partial charge in [0, 0.05) is 24.8 Å². The molecule has 0 radical (unpaired) electrons. The Labute approximate surface area is 374 Å². The van der Waals surface area contributed by atoms with E-state index < -0.39 is 18.3 Å². The number of aliphatic hydroxyl groups is 4. The van der Waals surface area contributed by atoms with E-state index in [9.17, 15) is 25.2 Å². The predicted octanol–water partition coefficient (Wildman–Crippen LogP) is 14.1. The third kappa shape index (κ3) is 40.1. The van der Waals surface area contributed by atoms with E-state index >= 15 is 0 Å². The zero-order valence-electron chi connectivity index (χ0n) is 40.9. The Bertz CT molecular complexity index is 885. The number of amides is 1. The smallest absolute Gasteiger partial charge is 0.220 e. The third-order valence-corrected chi connectivity index (χ3v) is 13.3. The van der Waals surface area contributed by atoms with Crippen molar-refractivity contribution >= 4 is 5.91 Å². The lowest BCUT2D eigenvalue weighted by Gasteiger charge is -2.22. The molecule has 0 aromatic rings. The molecule has 1 fully saturated rings. The minimum atomic E-state index is -0.687. The maximum atomic E-state index is 12.2. The number of hydrogen-bond donors (Lipinski definition) is 6. The molecule has 7 N–H and O–H groups in total. The average molecular weight is 853 g/mol. The molecule has 0 spiro atoms. The molecular formula is C53H108N2O5. The van der Waals surface area contributed by atoms with Crippen LogP contribution in [-0.2, 0) is 4.79 Å². The average Bonchev–Trinajstić information content (AvgIpc) is 3.99. The van der Waals surface area contributed by atoms with Gasteiger partial charge in [-0.25, -0.2) is 0 Å². The summed E-state index contributed by atoms with van der Waals surface area (Å²) in [5, 5.41) is 43.5. The van der Waals surface area contributed by atoms with Gasteiger partial charge in [0.15, 0.2) is 0 Å². The fraction of sp³-hybridized carbons (Fsp3) is 0.981. The van der Waals surface area contributed by atoms with E-state index in [2.05, 4.69) is 26.1 Å². The Kier molecular flexibility index (Phi) is 43.0. The number of unbranched alkanes of at least 4 members (excludes halogenated alkanes) is 32. The normalized spacial score (nSPS) is 15.8. The molecule has 1 aliphatic rings. The van der Waals surface area contributed by atoms with Crippen molar-refractivity contribution in [3.05, 3.63) is 0 Å². The van der Waals surface area contributed by atoms with Gasteiger partial charge in [-0.1, -0.05) is 239 Å². The van der Waals surface area contributed by atoms with Gasteiger partial charge in [-0.15, -0.1) is 0 Å². The van der Waals surface area contributed by atoms with Gasteiger partial charge >= 0.3 is 0 Å². The molecule has 0 aromatic heterocycles. The van der Waals surface area contributed by atoms with Gasteiger partial charge in [0.05, 0.1) is 30.5 Å². The Morgan fingerprint density at radius 2 is 0.750 bits per heavy atom. The number of hydrogen-bond acceptors (Lipinski definition) is 6. The summed E-state index contributed by atoms with van der Waals surface area (Å²) in [4.78, 5) is 12.2. The van der Waals surface area contributed by atoms with Crippen LogP contribution in [0.5, 0.6) is 0 Å². The van der Waals surface area contributed by atoms with E-state index in [-0.39, 0.29) is 23.6 Å². The summed E-state index contributed by atoms with van der Waals surface area (Å²) in [5.74, 6) is 0.0273. The molecule has 1 aliphatic carbocycles. The first kappa shape index (κ1) is 59.3. The van der Waals surface area contributed by atoms with Gasteiger partial charge in [-0.05, 0) is 39.0 Å². The summed E-state index contributed by atoms with van der Waals surface area (Å²) < 4.78 is 0. The number of nitrogens with two attached hydrogens (primary N) is 1. The first-order valence-corrected chi connectivity index (χ1v) is 26.9. The van der Waals surface area contributed by atoms with Crippen LogP contribution >= 0.6 is 0 Å². The molecule has 1 amide bonds. The van der Waals surface area contributed by atoms with Crippen molar-refractivity contribution in [2.75, 3.05) is 0 Å². The Balaban J connectivity index is 0.00000133. The Morgan fingerprint density at radius 3 is 1.07 bits per heavy atom. The second-order valence-corrected chi connectivity index (χ2v) is 19.6. The van der Waals surface area contributed by atoms with E-state index in [1.165, 1.54) is 193 Å². The number of rotatable bonds is 45. The topological polar surface area (TPSA) is 136 Å². The van der Waals surface area contributed by atoms with Gasteiger partial charge in [0.1, 0.15) is 0 Å². The fourth-order valence-electron chi connectivity index (χ4n) is 8.50. The molecule has 0 bridgehead atoms. The summed E-state index contributed by atoms with van der Waals surface area (Å²) in [6, 6.07) is -0.309. The third-order valence-electron chi connectivity index (χ3n) is 13.3. The second-order valence-electron chi connectivity index (χ2n) is 19.6. The summed E-state index contributed by atoms with van der Waals surface area (Å²) in [6.45, 7) is 8.64. The first-order chi connectivity index (χ1) is 29.1. The van der Waals surface area contributed by atoms with Gasteiger partial charge in [-0.3, -0.25) is 4.79 Å². The minimum absolute atomic E-state index is 0.0273. The maximum absolute atomic E-state index is 12.2. The summed E-state index contributed by atoms with van der Waals surface area (Å²) >= 11 is 0. The van der Waals surface area contributed by atoms with E-state index in [0.717, 1.165) is 57.8 Å². The minimum Gasteiger partial charge on any atom is -0.393 e. The van der Waals surface area contributed by atoms with Crippen molar-refractivity contribution in [3.63, 3.8) is 0 Å². The van der Waals surface area contributed by atoms with Gasteiger partial charge in [-0.2, -0.15) is 0 Å². The molecular weight excluding hydrogens is 745 g/mol. The van der Waals surface area contributed by atoms with Crippen LogP contribution in [0, 0.1) is 0 Å². The lowest BCUT2D eigenvalue weighted by molar-refractivity contribution is -0.122. The monoisotopic (exact) mass is 853 g/mol. The van der Waals surface area contributed by atoms with E-state index in [0.29, 0.717) is 19.3 Å². The van der Waals surface area contributed by atoms with E-state index in [1.807, 2.05) is 6.92 Å². The lowest BCUT2D eigenvalue weighted by atomic mass is 9.99. The quantitative estimate of drug-likeness (QED) is 0.0338. The fourth-order valence-corrected chi connectivity index (χ4v) is 8.50. The highest BCUT2D eigenvalue weighted by atomic mass is 16.3. The number of nitrogens with one attached hydrogen (secondary N) is 1. The van der Waals surface area contributed by atoms with Crippen molar-refractivity contribution in [1.82, 2.24) is 5.32 Å². The Hall–Kier alpha value is -0.730. The van der Waals surface area contributed by atoms with Crippen LogP contribution in [0.4, 0.5) is 0 Å². The second kappa shape index (κ2) is 43.5. The van der Waals surface area contributed by atoms with E-state index in [1.54, 1.807) is 0 Å². The highest BCUT2D eigenvalue weighted by Crippen LogP contribution is 2.37. The summed E-state index contributed by atoms with van der Waals surface area (Å²) in [5.41, 5.74) is 5.56. The lowest BCUT2D eigenvalue weighted by Crippen LogP contribution is -2.42. The first-order valence-electron chi connectivity index (χ1n) is 26.9. The summed E-state index contributed by atoms with van der Waals surface area (Å²) in [6.07, 6.45) is 48.4. The van der Waals surface area contributed by atoms with Crippen LogP contribution in [0.1, 0.15) is 297 Å². The highest BCUT2D eigenvalue weighted by Gasteiger charge is 2.45. The number of carbonyl (C=O) groups is 1. The van der Waals surface area contributed by atoms with Crippen LogP contribution in [0.2, 0.25) is 0 Å². The van der Waals surface area contributed by atoms with Crippen molar-refractivity contribution in [1.29, 1.82) is 0 Å². The molecule has 0 saturated heterocycles. The van der Waals surface area contributed by atoms with Crippen molar-refractivity contribution < 1.29 is 25.2 Å². The molecule has 5 atom stereocenters. The van der Waals surface area contributed by atoms with Crippen LogP contribution < -0.4 is 11.1 Å². The SMILES string of the molecule is CCCCCCCCCCCCCC(O)CC(O)C1(N)CC1.CCCCCCCCCCCCCCCC(=O)N[C@@H](C)[C@H](O)C[C@@H](O)CCCCCCCCCCCCC. The molecule has 0 aromatic carbocycles. The van der Waals surface area contributed by atoms with Crippen LogP contribution in [0.25, 0.3) is 0 Å².